The predicted octanol–water partition coefficient (Wildman–Crippen LogP) is 1.13. The number of fused-ring (bicyclic) bond motifs is 1. The van der Waals surface area contributed by atoms with Crippen LogP contribution in [0, 0.1) is 17.8 Å². The van der Waals surface area contributed by atoms with Crippen molar-refractivity contribution in [2.75, 3.05) is 26.2 Å². The average molecular weight is 362 g/mol. The molecular weight excluding hydrogens is 336 g/mol. The third-order valence-electron chi connectivity index (χ3n) is 5.62. The number of nitrogens with zero attached hydrogens (tertiary/aromatic N) is 2. The van der Waals surface area contributed by atoms with Crippen LogP contribution in [0.2, 0.25) is 0 Å². The van der Waals surface area contributed by atoms with Gasteiger partial charge in [0.15, 0.2) is 0 Å². The standard InChI is InChI=1S/C19H26N2O5/c1-2-26-19(25)13-7-10-20(11-8-13)16(22)9-12-21-17(23)14-5-3-4-6-15(14)18(21)24/h3-4,13-15H,2,5-12H2,1H3/t14-,15-/m1/s1. The summed E-state index contributed by atoms with van der Waals surface area (Å²) in [6.07, 6.45) is 6.48. The summed E-state index contributed by atoms with van der Waals surface area (Å²) in [5.74, 6) is -1.18. The summed E-state index contributed by atoms with van der Waals surface area (Å²) in [5, 5.41) is 0. The number of likely N-dealkylation sites (tertiary alicyclic amines) is 2. The van der Waals surface area contributed by atoms with Crippen molar-refractivity contribution in [1.29, 1.82) is 0 Å². The van der Waals surface area contributed by atoms with Crippen LogP contribution in [-0.4, -0.2) is 59.7 Å². The van der Waals surface area contributed by atoms with Gasteiger partial charge in [0.1, 0.15) is 0 Å². The smallest absolute Gasteiger partial charge is 0.309 e. The Labute approximate surface area is 153 Å². The summed E-state index contributed by atoms with van der Waals surface area (Å²) in [6.45, 7) is 3.33. The van der Waals surface area contributed by atoms with Crippen LogP contribution >= 0.6 is 0 Å². The first-order valence-corrected chi connectivity index (χ1v) is 9.47. The maximum absolute atomic E-state index is 12.4. The fourth-order valence-electron chi connectivity index (χ4n) is 4.08. The molecule has 2 heterocycles. The maximum atomic E-state index is 12.4. The minimum absolute atomic E-state index is 0.0686. The lowest BCUT2D eigenvalue weighted by atomic mass is 9.85. The largest absolute Gasteiger partial charge is 0.466 e. The first-order chi connectivity index (χ1) is 12.5. The van der Waals surface area contributed by atoms with Crippen LogP contribution in [0.25, 0.3) is 0 Å². The molecule has 1 aliphatic carbocycles. The number of amides is 3. The summed E-state index contributed by atoms with van der Waals surface area (Å²) in [6, 6.07) is 0. The molecule has 26 heavy (non-hydrogen) atoms. The second kappa shape index (κ2) is 8.01. The number of ether oxygens (including phenoxy) is 1. The number of imide groups is 1. The fourth-order valence-corrected chi connectivity index (χ4v) is 4.08. The zero-order valence-electron chi connectivity index (χ0n) is 15.2. The molecule has 0 bridgehead atoms. The van der Waals surface area contributed by atoms with Crippen LogP contribution < -0.4 is 0 Å². The Morgan fingerprint density at radius 3 is 2.19 bits per heavy atom. The quantitative estimate of drug-likeness (QED) is 0.416. The molecule has 2 saturated heterocycles. The van der Waals surface area contributed by atoms with Gasteiger partial charge in [0.25, 0.3) is 0 Å². The highest BCUT2D eigenvalue weighted by molar-refractivity contribution is 6.05. The van der Waals surface area contributed by atoms with E-state index in [0.29, 0.717) is 45.4 Å². The van der Waals surface area contributed by atoms with Gasteiger partial charge in [-0.15, -0.1) is 0 Å². The first-order valence-electron chi connectivity index (χ1n) is 9.47. The fraction of sp³-hybridized carbons (Fsp3) is 0.684. The van der Waals surface area contributed by atoms with Gasteiger partial charge < -0.3 is 9.64 Å². The Kier molecular flexibility index (Phi) is 5.74. The molecule has 0 aromatic heterocycles. The van der Waals surface area contributed by atoms with E-state index in [2.05, 4.69) is 0 Å². The minimum atomic E-state index is -0.247. The lowest BCUT2D eigenvalue weighted by Crippen LogP contribution is -2.42. The molecule has 0 N–H and O–H groups in total. The number of carbonyl (C=O) groups excluding carboxylic acids is 4. The Morgan fingerprint density at radius 2 is 1.65 bits per heavy atom. The highest BCUT2D eigenvalue weighted by Crippen LogP contribution is 2.35. The topological polar surface area (TPSA) is 84.0 Å². The van der Waals surface area contributed by atoms with Gasteiger partial charge in [-0.2, -0.15) is 0 Å². The van der Waals surface area contributed by atoms with E-state index < -0.39 is 0 Å². The molecule has 0 aromatic rings. The van der Waals surface area contributed by atoms with Gasteiger partial charge in [0.2, 0.25) is 17.7 Å². The Balaban J connectivity index is 1.47. The van der Waals surface area contributed by atoms with Gasteiger partial charge in [-0.25, -0.2) is 0 Å². The number of hydrogen-bond donors (Lipinski definition) is 0. The van der Waals surface area contributed by atoms with Gasteiger partial charge >= 0.3 is 5.97 Å². The van der Waals surface area contributed by atoms with Gasteiger partial charge in [-0.1, -0.05) is 12.2 Å². The predicted molar refractivity (Wildman–Crippen MR) is 92.6 cm³/mol. The molecule has 0 saturated carbocycles. The summed E-state index contributed by atoms with van der Waals surface area (Å²) < 4.78 is 5.03. The lowest BCUT2D eigenvalue weighted by Gasteiger charge is -2.31. The van der Waals surface area contributed by atoms with Crippen LogP contribution in [0.4, 0.5) is 0 Å². The number of hydrogen-bond acceptors (Lipinski definition) is 5. The maximum Gasteiger partial charge on any atom is 0.309 e. The number of allylic oxidation sites excluding steroid dienone is 2. The van der Waals surface area contributed by atoms with E-state index in [1.165, 1.54) is 4.90 Å². The number of carbonyl (C=O) groups is 4. The van der Waals surface area contributed by atoms with Crippen molar-refractivity contribution in [3.63, 3.8) is 0 Å². The van der Waals surface area contributed by atoms with Crippen LogP contribution in [0.15, 0.2) is 12.2 Å². The Morgan fingerprint density at radius 1 is 1.08 bits per heavy atom. The second-order valence-corrected chi connectivity index (χ2v) is 7.14. The molecule has 2 atom stereocenters. The minimum Gasteiger partial charge on any atom is -0.466 e. The molecule has 0 spiro atoms. The van der Waals surface area contributed by atoms with Crippen LogP contribution in [0.5, 0.6) is 0 Å². The summed E-state index contributed by atoms with van der Waals surface area (Å²) in [7, 11) is 0. The van der Waals surface area contributed by atoms with Gasteiger partial charge in [0.05, 0.1) is 24.4 Å². The molecule has 3 aliphatic rings. The van der Waals surface area contributed by atoms with Crippen molar-refractivity contribution >= 4 is 23.7 Å². The Bertz CT molecular complexity index is 595. The molecule has 7 heteroatoms. The zero-order valence-corrected chi connectivity index (χ0v) is 15.2. The molecule has 7 nitrogen and oxygen atoms in total. The molecule has 142 valence electrons. The molecule has 2 fully saturated rings. The summed E-state index contributed by atoms with van der Waals surface area (Å²) >= 11 is 0. The third-order valence-corrected chi connectivity index (χ3v) is 5.62. The highest BCUT2D eigenvalue weighted by Gasteiger charge is 2.47. The molecule has 0 aromatic carbocycles. The van der Waals surface area contributed by atoms with E-state index >= 15 is 0 Å². The van der Waals surface area contributed by atoms with Crippen molar-refractivity contribution in [2.45, 2.75) is 39.0 Å². The van der Waals surface area contributed by atoms with E-state index in [-0.39, 0.29) is 54.4 Å². The Hall–Kier alpha value is -2.18. The molecular formula is C19H26N2O5. The first kappa shape index (κ1) is 18.6. The van der Waals surface area contributed by atoms with E-state index in [1.807, 2.05) is 12.2 Å². The van der Waals surface area contributed by atoms with Gasteiger partial charge in [-0.05, 0) is 32.6 Å². The highest BCUT2D eigenvalue weighted by atomic mass is 16.5. The van der Waals surface area contributed by atoms with Crippen molar-refractivity contribution in [3.8, 4) is 0 Å². The van der Waals surface area contributed by atoms with Crippen molar-refractivity contribution in [1.82, 2.24) is 9.80 Å². The second-order valence-electron chi connectivity index (χ2n) is 7.14. The van der Waals surface area contributed by atoms with Crippen molar-refractivity contribution in [2.24, 2.45) is 17.8 Å². The van der Waals surface area contributed by atoms with Crippen molar-refractivity contribution in [3.05, 3.63) is 12.2 Å². The molecule has 0 unspecified atom stereocenters. The number of rotatable bonds is 5. The van der Waals surface area contributed by atoms with Crippen LogP contribution in [0.3, 0.4) is 0 Å². The molecule has 3 amide bonds. The lowest BCUT2D eigenvalue weighted by molar-refractivity contribution is -0.151. The van der Waals surface area contributed by atoms with Crippen LogP contribution in [0.1, 0.15) is 39.0 Å². The van der Waals surface area contributed by atoms with Gasteiger partial charge in [0, 0.05) is 26.1 Å². The van der Waals surface area contributed by atoms with E-state index in [9.17, 15) is 19.2 Å². The summed E-state index contributed by atoms with van der Waals surface area (Å²) in [5.41, 5.74) is 0. The van der Waals surface area contributed by atoms with E-state index in [0.717, 1.165) is 0 Å². The summed E-state index contributed by atoms with van der Waals surface area (Å²) in [4.78, 5) is 52.0. The SMILES string of the molecule is CCOC(=O)C1CCN(C(=O)CCN2C(=O)[C@@H]3CC=CC[C@H]3C2=O)CC1. The third kappa shape index (κ3) is 3.66. The number of piperidine rings is 1. The molecule has 3 rings (SSSR count). The monoisotopic (exact) mass is 362 g/mol. The molecule has 0 radical (unpaired) electrons. The van der Waals surface area contributed by atoms with Gasteiger partial charge in [-0.3, -0.25) is 24.1 Å². The molecule has 2 aliphatic heterocycles. The zero-order chi connectivity index (χ0) is 18.7. The normalized spacial score (nSPS) is 26.2. The van der Waals surface area contributed by atoms with E-state index in [4.69, 9.17) is 4.74 Å². The van der Waals surface area contributed by atoms with E-state index in [1.54, 1.807) is 11.8 Å². The average Bonchev–Trinajstić information content (AvgIpc) is 2.91. The van der Waals surface area contributed by atoms with Crippen LogP contribution in [-0.2, 0) is 23.9 Å². The van der Waals surface area contributed by atoms with Crippen molar-refractivity contribution < 1.29 is 23.9 Å². The number of esters is 1.